The Balaban J connectivity index is 0.000000714. The van der Waals surface area contributed by atoms with Gasteiger partial charge >= 0.3 is 0 Å². The maximum absolute atomic E-state index is 5.00. The minimum absolute atomic E-state index is 0.644. The molecule has 3 aromatic heterocycles. The predicted octanol–water partition coefficient (Wildman–Crippen LogP) is 13.7. The molecule has 4 nitrogen and oxygen atoms in total. The lowest BCUT2D eigenvalue weighted by Gasteiger charge is -2.11. The maximum Gasteiger partial charge on any atom is 0.164 e. The lowest BCUT2D eigenvalue weighted by atomic mass is 10.0. The van der Waals surface area contributed by atoms with Gasteiger partial charge in [0.15, 0.2) is 17.5 Å². The summed E-state index contributed by atoms with van der Waals surface area (Å²) >= 11 is 1.87. The van der Waals surface area contributed by atoms with Crippen molar-refractivity contribution in [1.82, 2.24) is 19.5 Å². The molecule has 0 bridgehead atoms. The molecule has 5 heteroatoms. The highest BCUT2D eigenvalue weighted by atomic mass is 32.1. The van der Waals surface area contributed by atoms with Crippen molar-refractivity contribution < 1.29 is 20.8 Å². The van der Waals surface area contributed by atoms with Crippen LogP contribution in [0.1, 0.15) is 20.8 Å². The van der Waals surface area contributed by atoms with E-state index in [-0.39, 0.29) is 0 Å². The molecule has 10 aromatic rings. The standard InChI is InChI=1S/C45H28N4S.7H2/c1-3-12-29(13-4-1)43-46-44(30-14-5-2-6-15-30)48-45(47-43)31-22-25-33(26-23-31)49-39-20-9-7-16-35(39)36-27-24-32(28-40(36)49)34-18-11-19-38-37-17-8-10-21-41(37)50-42(34)38;;;;;;;/h1-28H;7*1H/i;7*1+1D. The van der Waals surface area contributed by atoms with Crippen molar-refractivity contribution in [2.75, 3.05) is 0 Å². The van der Waals surface area contributed by atoms with Gasteiger partial charge in [-0.25, -0.2) is 15.0 Å². The first-order valence-corrected chi connectivity index (χ1v) is 17.5. The number of hydrogen-bond acceptors (Lipinski definition) is 4. The number of aromatic nitrogens is 4. The third-order valence-electron chi connectivity index (χ3n) is 9.47. The third-order valence-corrected chi connectivity index (χ3v) is 10.7. The number of para-hydroxylation sites is 1. The molecule has 0 saturated heterocycles. The van der Waals surface area contributed by atoms with Crippen molar-refractivity contribution in [3.8, 4) is 51.0 Å². The fourth-order valence-corrected chi connectivity index (χ4v) is 8.33. The monoisotopic (exact) mass is 684 g/mol. The average molecular weight is 685 g/mol. The second kappa shape index (κ2) is 11.6. The van der Waals surface area contributed by atoms with E-state index in [1.54, 1.807) is 0 Å². The Bertz CT molecular complexity index is 2840. The molecule has 0 N–H and O–H groups in total. The van der Waals surface area contributed by atoms with Crippen molar-refractivity contribution in [2.45, 2.75) is 0 Å². The van der Waals surface area contributed by atoms with Crippen LogP contribution < -0.4 is 0 Å². The molecule has 0 aliphatic heterocycles. The van der Waals surface area contributed by atoms with E-state index in [4.69, 9.17) is 35.7 Å². The van der Waals surface area contributed by atoms with Crippen molar-refractivity contribution >= 4 is 53.3 Å². The molecule has 0 fully saturated rings. The van der Waals surface area contributed by atoms with E-state index < -0.39 is 0 Å². The number of rotatable bonds is 5. The summed E-state index contributed by atoms with van der Waals surface area (Å²) in [6.45, 7) is 0. The van der Waals surface area contributed by atoms with Gasteiger partial charge in [-0.3, -0.25) is 0 Å². The number of nitrogens with zero attached hydrogens (tertiary/aromatic N) is 4. The van der Waals surface area contributed by atoms with E-state index in [1.165, 1.54) is 53.1 Å². The number of benzene rings is 7. The van der Waals surface area contributed by atoms with E-state index in [0.29, 0.717) is 17.5 Å². The van der Waals surface area contributed by atoms with Crippen LogP contribution in [0.5, 0.6) is 0 Å². The van der Waals surface area contributed by atoms with Crippen molar-refractivity contribution in [3.63, 3.8) is 0 Å². The zero-order valence-electron chi connectivity index (χ0n) is 40.9. The first kappa shape index (κ1) is 22.3. The maximum atomic E-state index is 5.00. The average Bonchev–Trinajstić information content (AvgIpc) is 3.96. The van der Waals surface area contributed by atoms with E-state index in [2.05, 4.69) is 114 Å². The van der Waals surface area contributed by atoms with Gasteiger partial charge in [-0.05, 0) is 53.6 Å². The van der Waals surface area contributed by atoms with Crippen molar-refractivity contribution in [1.29, 1.82) is 0 Å². The fourth-order valence-electron chi connectivity index (χ4n) is 7.09. The Morgan fingerprint density at radius 1 is 0.420 bits per heavy atom. The lowest BCUT2D eigenvalue weighted by molar-refractivity contribution is 1.07. The van der Waals surface area contributed by atoms with Crippen LogP contribution >= 0.6 is 11.3 Å². The Morgan fingerprint density at radius 3 is 1.66 bits per heavy atom. The lowest BCUT2D eigenvalue weighted by Crippen LogP contribution is -2.00. The summed E-state index contributed by atoms with van der Waals surface area (Å²) in [6, 6.07) is 59.7. The molecule has 10 rings (SSSR count). The smallest absolute Gasteiger partial charge is 0.164 e. The normalized spacial score (nSPS) is 12.7. The molecule has 0 aliphatic rings. The molecule has 0 spiro atoms. The van der Waals surface area contributed by atoms with Crippen LogP contribution in [-0.4, -0.2) is 19.5 Å². The zero-order valence-corrected chi connectivity index (χ0v) is 27.7. The second-order valence-electron chi connectivity index (χ2n) is 12.5. The molecule has 248 valence electrons. The van der Waals surface area contributed by atoms with Crippen LogP contribution in [0, 0.1) is 0 Å². The van der Waals surface area contributed by atoms with E-state index in [1.807, 2.05) is 72.0 Å². The summed E-state index contributed by atoms with van der Waals surface area (Å²) < 4.78 is 75.0. The molecule has 0 radical (unpaired) electrons. The van der Waals surface area contributed by atoms with Crippen molar-refractivity contribution in [2.24, 2.45) is 0 Å². The first-order chi connectivity index (χ1) is 31.8. The summed E-state index contributed by atoms with van der Waals surface area (Å²) in [5.74, 6) is 1.95. The summed E-state index contributed by atoms with van der Waals surface area (Å²) in [4.78, 5) is 14.8. The van der Waals surface area contributed by atoms with E-state index in [0.717, 1.165) is 22.4 Å². The highest BCUT2D eigenvalue weighted by Gasteiger charge is 2.17. The molecule has 3 heterocycles. The molecule has 0 saturated carbocycles. The molecule has 0 unspecified atom stereocenters. The summed E-state index contributed by atoms with van der Waals surface area (Å²) in [7, 11) is 0. The van der Waals surface area contributed by atoms with Gasteiger partial charge < -0.3 is 4.57 Å². The molecule has 0 atom stereocenters. The van der Waals surface area contributed by atoms with Crippen LogP contribution in [0.25, 0.3) is 93.0 Å². The van der Waals surface area contributed by atoms with Gasteiger partial charge in [-0.1, -0.05) is 127 Å². The number of thiophene rings is 1. The highest BCUT2D eigenvalue weighted by molar-refractivity contribution is 7.26. The Kier molecular flexibility index (Phi) is 5.17. The number of fused-ring (bicyclic) bond motifs is 6. The predicted molar refractivity (Wildman–Crippen MR) is 224 cm³/mol. The molecule has 0 amide bonds. The summed E-state index contributed by atoms with van der Waals surface area (Å²) in [5, 5.41) is 5.09. The van der Waals surface area contributed by atoms with Gasteiger partial charge in [-0.2, -0.15) is 0 Å². The molecular formula is C45H42N4S. The van der Waals surface area contributed by atoms with Gasteiger partial charge in [-0.15, -0.1) is 11.3 Å². The molecular weight excluding hydrogens is 629 g/mol. The molecule has 7 aromatic carbocycles. The Hall–Kier alpha value is -6.43. The first-order valence-electron chi connectivity index (χ1n) is 23.7. The quantitative estimate of drug-likeness (QED) is 0.181. The van der Waals surface area contributed by atoms with Gasteiger partial charge in [0.05, 0.1) is 11.0 Å². The fraction of sp³-hybridized carbons (Fsp3) is 0. The van der Waals surface area contributed by atoms with Gasteiger partial charge in [0.25, 0.3) is 0 Å². The van der Waals surface area contributed by atoms with E-state index >= 15 is 0 Å². The number of hydrogen-bond donors (Lipinski definition) is 0. The summed E-state index contributed by atoms with van der Waals surface area (Å²) in [5.41, 5.74) is 8.74. The minimum Gasteiger partial charge on any atom is -0.309 e. The summed E-state index contributed by atoms with van der Waals surface area (Å²) in [6.07, 6.45) is 0. The topological polar surface area (TPSA) is 43.6 Å². The minimum atomic E-state index is 0.644. The highest BCUT2D eigenvalue weighted by Crippen LogP contribution is 2.42. The largest absolute Gasteiger partial charge is 0.309 e. The molecule has 50 heavy (non-hydrogen) atoms. The second-order valence-corrected chi connectivity index (χ2v) is 13.5. The molecule has 0 aliphatic carbocycles. The van der Waals surface area contributed by atoms with Crippen LogP contribution in [0.2, 0.25) is 0 Å². The van der Waals surface area contributed by atoms with Crippen molar-refractivity contribution in [3.05, 3.63) is 170 Å². The van der Waals surface area contributed by atoms with Crippen LogP contribution in [0.3, 0.4) is 0 Å². The zero-order chi connectivity index (χ0) is 47.0. The Labute approximate surface area is 314 Å². The van der Waals surface area contributed by atoms with Crippen LogP contribution in [0.15, 0.2) is 170 Å². The van der Waals surface area contributed by atoms with Crippen LogP contribution in [0.4, 0.5) is 0 Å². The SMILES string of the molecule is [2H][2H].[2H][2H].[2H][2H].[2H][2H].[2H][2H].[2H][2H].[2H][2H].c1ccc(-c2nc(-c3ccccc3)nc(-c3ccc(-n4c5ccccc5c5ccc(-c6cccc7c6sc6ccccc67)cc54)cc3)n2)cc1. The van der Waals surface area contributed by atoms with Gasteiger partial charge in [0.2, 0.25) is 0 Å². The van der Waals surface area contributed by atoms with E-state index in [9.17, 15) is 0 Å². The van der Waals surface area contributed by atoms with Crippen LogP contribution in [-0.2, 0) is 0 Å². The Morgan fingerprint density at radius 2 is 0.960 bits per heavy atom. The third kappa shape index (κ3) is 4.71. The van der Waals surface area contributed by atoms with Gasteiger partial charge in [0, 0.05) is 74.1 Å². The van der Waals surface area contributed by atoms with Gasteiger partial charge in [0.1, 0.15) is 0 Å².